The van der Waals surface area contributed by atoms with Crippen molar-refractivity contribution in [3.05, 3.63) is 41.1 Å². The molecule has 2 aromatic rings. The van der Waals surface area contributed by atoms with E-state index in [4.69, 9.17) is 0 Å². The SMILES string of the molecule is Cc1ccc(-c2nn(CCC(C)C)cc2C=O)c(C)c1. The predicted molar refractivity (Wildman–Crippen MR) is 82.0 cm³/mol. The Hall–Kier alpha value is -1.90. The Bertz CT molecular complexity index is 611. The van der Waals surface area contributed by atoms with Gasteiger partial charge in [-0.25, -0.2) is 0 Å². The van der Waals surface area contributed by atoms with Crippen LogP contribution in [0.2, 0.25) is 0 Å². The van der Waals surface area contributed by atoms with Gasteiger partial charge in [0.25, 0.3) is 0 Å². The summed E-state index contributed by atoms with van der Waals surface area (Å²) in [6.07, 6.45) is 3.81. The minimum Gasteiger partial charge on any atom is -0.298 e. The quantitative estimate of drug-likeness (QED) is 0.769. The summed E-state index contributed by atoms with van der Waals surface area (Å²) in [5, 5.41) is 4.60. The number of aryl methyl sites for hydroxylation is 3. The normalized spacial score (nSPS) is 11.1. The van der Waals surface area contributed by atoms with Crippen LogP contribution in [0.1, 0.15) is 41.8 Å². The highest BCUT2D eigenvalue weighted by molar-refractivity contribution is 5.86. The van der Waals surface area contributed by atoms with Crippen LogP contribution in [-0.2, 0) is 6.54 Å². The van der Waals surface area contributed by atoms with Crippen molar-refractivity contribution < 1.29 is 4.79 Å². The highest BCUT2D eigenvalue weighted by Gasteiger charge is 2.13. The van der Waals surface area contributed by atoms with Crippen LogP contribution in [0.4, 0.5) is 0 Å². The second-order valence-corrected chi connectivity index (χ2v) is 5.81. The maximum atomic E-state index is 11.3. The van der Waals surface area contributed by atoms with Gasteiger partial charge >= 0.3 is 0 Å². The number of benzene rings is 1. The molecule has 3 heteroatoms. The molecule has 0 bridgehead atoms. The summed E-state index contributed by atoms with van der Waals surface area (Å²) in [6.45, 7) is 9.36. The summed E-state index contributed by atoms with van der Waals surface area (Å²) in [6, 6.07) is 6.23. The Labute approximate surface area is 120 Å². The van der Waals surface area contributed by atoms with Crippen LogP contribution in [-0.4, -0.2) is 16.1 Å². The van der Waals surface area contributed by atoms with Crippen molar-refractivity contribution in [1.82, 2.24) is 9.78 Å². The van der Waals surface area contributed by atoms with E-state index < -0.39 is 0 Å². The molecule has 3 nitrogen and oxygen atoms in total. The molecule has 0 radical (unpaired) electrons. The lowest BCUT2D eigenvalue weighted by Crippen LogP contribution is -2.02. The first-order valence-electron chi connectivity index (χ1n) is 7.11. The number of hydrogen-bond acceptors (Lipinski definition) is 2. The summed E-state index contributed by atoms with van der Waals surface area (Å²) in [5.41, 5.74) is 4.88. The summed E-state index contributed by atoms with van der Waals surface area (Å²) in [7, 11) is 0. The number of aromatic nitrogens is 2. The van der Waals surface area contributed by atoms with Gasteiger partial charge in [0, 0.05) is 18.3 Å². The van der Waals surface area contributed by atoms with Crippen molar-refractivity contribution in [3.63, 3.8) is 0 Å². The Morgan fingerprint density at radius 1 is 1.30 bits per heavy atom. The molecule has 1 aromatic heterocycles. The van der Waals surface area contributed by atoms with E-state index in [9.17, 15) is 4.79 Å². The largest absolute Gasteiger partial charge is 0.298 e. The number of aldehydes is 1. The van der Waals surface area contributed by atoms with Crippen LogP contribution in [0.3, 0.4) is 0 Å². The van der Waals surface area contributed by atoms with E-state index in [1.807, 2.05) is 16.9 Å². The lowest BCUT2D eigenvalue weighted by molar-refractivity contribution is 0.112. The van der Waals surface area contributed by atoms with Gasteiger partial charge in [-0.05, 0) is 31.7 Å². The first-order chi connectivity index (χ1) is 9.51. The van der Waals surface area contributed by atoms with Gasteiger partial charge in [-0.3, -0.25) is 9.48 Å². The summed E-state index contributed by atoms with van der Waals surface area (Å²) < 4.78 is 1.89. The molecule has 2 rings (SSSR count). The smallest absolute Gasteiger partial charge is 0.153 e. The molecule has 20 heavy (non-hydrogen) atoms. The number of carbonyl (C=O) groups excluding carboxylic acids is 1. The fourth-order valence-electron chi connectivity index (χ4n) is 2.32. The first-order valence-corrected chi connectivity index (χ1v) is 7.11. The molecule has 0 atom stereocenters. The van der Waals surface area contributed by atoms with Gasteiger partial charge in [0.1, 0.15) is 5.69 Å². The molecule has 0 saturated heterocycles. The lowest BCUT2D eigenvalue weighted by atomic mass is 10.0. The van der Waals surface area contributed by atoms with Crippen molar-refractivity contribution >= 4 is 6.29 Å². The summed E-state index contributed by atoms with van der Waals surface area (Å²) >= 11 is 0. The molecule has 0 spiro atoms. The van der Waals surface area contributed by atoms with E-state index in [1.165, 1.54) is 5.56 Å². The Morgan fingerprint density at radius 3 is 2.65 bits per heavy atom. The first kappa shape index (κ1) is 14.5. The van der Waals surface area contributed by atoms with Crippen LogP contribution >= 0.6 is 0 Å². The fourth-order valence-corrected chi connectivity index (χ4v) is 2.32. The third kappa shape index (κ3) is 3.16. The maximum Gasteiger partial charge on any atom is 0.153 e. The fraction of sp³-hybridized carbons (Fsp3) is 0.412. The van der Waals surface area contributed by atoms with E-state index in [0.29, 0.717) is 11.5 Å². The van der Waals surface area contributed by atoms with Crippen LogP contribution in [0, 0.1) is 19.8 Å². The second-order valence-electron chi connectivity index (χ2n) is 5.81. The van der Waals surface area contributed by atoms with Crippen molar-refractivity contribution in [2.24, 2.45) is 5.92 Å². The average molecular weight is 270 g/mol. The molecular formula is C17H22N2O. The van der Waals surface area contributed by atoms with Gasteiger partial charge in [-0.15, -0.1) is 0 Å². The third-order valence-electron chi connectivity index (χ3n) is 3.49. The van der Waals surface area contributed by atoms with Crippen LogP contribution < -0.4 is 0 Å². The van der Waals surface area contributed by atoms with Crippen molar-refractivity contribution in [2.45, 2.75) is 40.7 Å². The molecule has 1 aromatic carbocycles. The molecule has 106 valence electrons. The minimum atomic E-state index is 0.628. The van der Waals surface area contributed by atoms with E-state index in [1.54, 1.807) is 0 Å². The monoisotopic (exact) mass is 270 g/mol. The van der Waals surface area contributed by atoms with E-state index in [-0.39, 0.29) is 0 Å². The van der Waals surface area contributed by atoms with Gasteiger partial charge in [0.05, 0.1) is 5.56 Å². The second kappa shape index (κ2) is 6.04. The van der Waals surface area contributed by atoms with Crippen molar-refractivity contribution in [1.29, 1.82) is 0 Å². The highest BCUT2D eigenvalue weighted by Crippen LogP contribution is 2.25. The minimum absolute atomic E-state index is 0.628. The van der Waals surface area contributed by atoms with Gasteiger partial charge in [0.2, 0.25) is 0 Å². The highest BCUT2D eigenvalue weighted by atomic mass is 16.1. The number of rotatable bonds is 5. The van der Waals surface area contributed by atoms with Gasteiger partial charge in [-0.1, -0.05) is 37.6 Å². The van der Waals surface area contributed by atoms with Gasteiger partial charge in [0.15, 0.2) is 6.29 Å². The van der Waals surface area contributed by atoms with Crippen LogP contribution in [0.25, 0.3) is 11.3 Å². The zero-order valence-electron chi connectivity index (χ0n) is 12.7. The summed E-state index contributed by atoms with van der Waals surface area (Å²) in [4.78, 5) is 11.3. The number of nitrogens with zero attached hydrogens (tertiary/aromatic N) is 2. The third-order valence-corrected chi connectivity index (χ3v) is 3.49. The Balaban J connectivity index is 2.37. The molecule has 0 unspecified atom stereocenters. The molecule has 0 N–H and O–H groups in total. The molecule has 0 aliphatic carbocycles. The van der Waals surface area contributed by atoms with Gasteiger partial charge < -0.3 is 0 Å². The van der Waals surface area contributed by atoms with Gasteiger partial charge in [-0.2, -0.15) is 5.10 Å². The molecule has 0 amide bonds. The number of carbonyl (C=O) groups is 1. The lowest BCUT2D eigenvalue weighted by Gasteiger charge is -2.06. The molecule has 0 fully saturated rings. The molecular weight excluding hydrogens is 248 g/mol. The zero-order valence-corrected chi connectivity index (χ0v) is 12.7. The summed E-state index contributed by atoms with van der Waals surface area (Å²) in [5.74, 6) is 0.628. The molecule has 0 aliphatic rings. The standard InChI is InChI=1S/C17H22N2O/c1-12(2)7-8-19-10-15(11-20)17(18-19)16-6-5-13(3)9-14(16)4/h5-6,9-12H,7-8H2,1-4H3. The Morgan fingerprint density at radius 2 is 2.05 bits per heavy atom. The zero-order chi connectivity index (χ0) is 14.7. The van der Waals surface area contributed by atoms with E-state index in [0.717, 1.165) is 36.1 Å². The van der Waals surface area contributed by atoms with Crippen LogP contribution in [0.15, 0.2) is 24.4 Å². The van der Waals surface area contributed by atoms with Crippen molar-refractivity contribution in [2.75, 3.05) is 0 Å². The van der Waals surface area contributed by atoms with Crippen LogP contribution in [0.5, 0.6) is 0 Å². The maximum absolute atomic E-state index is 11.3. The topological polar surface area (TPSA) is 34.9 Å². The molecule has 1 heterocycles. The van der Waals surface area contributed by atoms with Crippen molar-refractivity contribution in [3.8, 4) is 11.3 Å². The Kier molecular flexibility index (Phi) is 4.38. The van der Waals surface area contributed by atoms with E-state index in [2.05, 4.69) is 44.9 Å². The predicted octanol–water partition coefficient (Wildman–Crippen LogP) is 4.03. The molecule has 0 aliphatic heterocycles. The average Bonchev–Trinajstić information content (AvgIpc) is 2.79. The molecule has 0 saturated carbocycles. The number of hydrogen-bond donors (Lipinski definition) is 0. The van der Waals surface area contributed by atoms with E-state index >= 15 is 0 Å².